The SMILES string of the molecule is Cc1cccc(C(=O)N(C)C[C@@H](CC=O)c2ccc(Cl)c(Cl)c2)c1. The van der Waals surface area contributed by atoms with Gasteiger partial charge >= 0.3 is 0 Å². The van der Waals surface area contributed by atoms with Crippen molar-refractivity contribution in [2.45, 2.75) is 19.3 Å². The van der Waals surface area contributed by atoms with Crippen molar-refractivity contribution in [3.63, 3.8) is 0 Å². The Bertz CT molecular complexity index is 746. The molecule has 0 spiro atoms. The van der Waals surface area contributed by atoms with E-state index >= 15 is 0 Å². The molecular weight excluding hydrogens is 345 g/mol. The Morgan fingerprint density at radius 1 is 1.17 bits per heavy atom. The second-order valence-electron chi connectivity index (χ2n) is 5.83. The molecule has 3 nitrogen and oxygen atoms in total. The van der Waals surface area contributed by atoms with Gasteiger partial charge < -0.3 is 9.69 Å². The zero-order chi connectivity index (χ0) is 17.7. The van der Waals surface area contributed by atoms with E-state index < -0.39 is 0 Å². The van der Waals surface area contributed by atoms with Crippen LogP contribution >= 0.6 is 23.2 Å². The Labute approximate surface area is 152 Å². The number of carbonyl (C=O) groups excluding carboxylic acids is 2. The molecule has 0 unspecified atom stereocenters. The number of hydrogen-bond donors (Lipinski definition) is 0. The third-order valence-corrected chi connectivity index (χ3v) is 4.64. The summed E-state index contributed by atoms with van der Waals surface area (Å²) < 4.78 is 0. The van der Waals surface area contributed by atoms with Crippen molar-refractivity contribution in [3.8, 4) is 0 Å². The van der Waals surface area contributed by atoms with Crippen LogP contribution in [0.15, 0.2) is 42.5 Å². The van der Waals surface area contributed by atoms with Gasteiger partial charge in [-0.05, 0) is 36.8 Å². The zero-order valence-electron chi connectivity index (χ0n) is 13.6. The maximum Gasteiger partial charge on any atom is 0.253 e. The molecule has 24 heavy (non-hydrogen) atoms. The quantitative estimate of drug-likeness (QED) is 0.694. The van der Waals surface area contributed by atoms with Crippen LogP contribution in [0.4, 0.5) is 0 Å². The molecule has 0 aliphatic heterocycles. The number of halogens is 2. The lowest BCUT2D eigenvalue weighted by atomic mass is 9.95. The first-order valence-electron chi connectivity index (χ1n) is 7.63. The summed E-state index contributed by atoms with van der Waals surface area (Å²) in [6, 6.07) is 12.8. The van der Waals surface area contributed by atoms with Crippen molar-refractivity contribution < 1.29 is 9.59 Å². The Kier molecular flexibility index (Phi) is 6.41. The maximum atomic E-state index is 12.6. The summed E-state index contributed by atoms with van der Waals surface area (Å²) in [7, 11) is 1.74. The molecule has 0 bridgehead atoms. The van der Waals surface area contributed by atoms with Crippen molar-refractivity contribution >= 4 is 35.4 Å². The maximum absolute atomic E-state index is 12.6. The van der Waals surface area contributed by atoms with E-state index in [1.165, 1.54) is 0 Å². The van der Waals surface area contributed by atoms with E-state index in [1.807, 2.05) is 31.2 Å². The van der Waals surface area contributed by atoms with Crippen molar-refractivity contribution in [1.82, 2.24) is 4.90 Å². The minimum absolute atomic E-state index is 0.0744. The van der Waals surface area contributed by atoms with E-state index in [4.69, 9.17) is 23.2 Å². The largest absolute Gasteiger partial charge is 0.341 e. The summed E-state index contributed by atoms with van der Waals surface area (Å²) in [5, 5.41) is 0.909. The summed E-state index contributed by atoms with van der Waals surface area (Å²) in [5.41, 5.74) is 2.56. The Morgan fingerprint density at radius 2 is 1.92 bits per heavy atom. The molecule has 0 aliphatic carbocycles. The van der Waals surface area contributed by atoms with Crippen LogP contribution in [0.3, 0.4) is 0 Å². The third kappa shape index (κ3) is 4.59. The summed E-state index contributed by atoms with van der Waals surface area (Å²) in [6.45, 7) is 2.37. The fraction of sp³-hybridized carbons (Fsp3) is 0.263. The highest BCUT2D eigenvalue weighted by Gasteiger charge is 2.19. The van der Waals surface area contributed by atoms with Gasteiger partial charge in [0, 0.05) is 31.5 Å². The lowest BCUT2D eigenvalue weighted by Crippen LogP contribution is -2.31. The Balaban J connectivity index is 2.18. The molecular formula is C19H19Cl2NO2. The van der Waals surface area contributed by atoms with Gasteiger partial charge in [0.05, 0.1) is 10.0 Å². The second kappa shape index (κ2) is 8.32. The first-order valence-corrected chi connectivity index (χ1v) is 8.38. The van der Waals surface area contributed by atoms with E-state index in [9.17, 15) is 9.59 Å². The van der Waals surface area contributed by atoms with Crippen LogP contribution in [0.5, 0.6) is 0 Å². The van der Waals surface area contributed by atoms with Gasteiger partial charge in [0.2, 0.25) is 0 Å². The number of likely N-dealkylation sites (N-methyl/N-ethyl adjacent to an activating group) is 1. The summed E-state index contributed by atoms with van der Waals surface area (Å²) in [5.74, 6) is -0.203. The van der Waals surface area contributed by atoms with Crippen LogP contribution in [0.2, 0.25) is 10.0 Å². The van der Waals surface area contributed by atoms with Gasteiger partial charge in [-0.2, -0.15) is 0 Å². The second-order valence-corrected chi connectivity index (χ2v) is 6.64. The van der Waals surface area contributed by atoms with Gasteiger partial charge in [-0.3, -0.25) is 4.79 Å². The molecule has 126 valence electrons. The molecule has 0 saturated heterocycles. The lowest BCUT2D eigenvalue weighted by molar-refractivity contribution is -0.108. The minimum Gasteiger partial charge on any atom is -0.341 e. The molecule has 0 fully saturated rings. The van der Waals surface area contributed by atoms with Gasteiger partial charge in [-0.1, -0.05) is 47.0 Å². The molecule has 1 atom stereocenters. The normalized spacial score (nSPS) is 11.8. The predicted octanol–water partition coefficient (Wildman–Crippen LogP) is 4.75. The molecule has 0 N–H and O–H groups in total. The number of aldehydes is 1. The van der Waals surface area contributed by atoms with Gasteiger partial charge in [-0.15, -0.1) is 0 Å². The number of carbonyl (C=O) groups is 2. The molecule has 0 saturated carbocycles. The predicted molar refractivity (Wildman–Crippen MR) is 98.0 cm³/mol. The van der Waals surface area contributed by atoms with Crippen molar-refractivity contribution in [3.05, 3.63) is 69.2 Å². The van der Waals surface area contributed by atoms with Crippen LogP contribution < -0.4 is 0 Å². The number of hydrogen-bond acceptors (Lipinski definition) is 2. The van der Waals surface area contributed by atoms with Crippen LogP contribution in [-0.4, -0.2) is 30.7 Å². The van der Waals surface area contributed by atoms with E-state index in [0.717, 1.165) is 17.4 Å². The fourth-order valence-electron chi connectivity index (χ4n) is 2.61. The first kappa shape index (κ1) is 18.5. The minimum atomic E-state index is -0.129. The van der Waals surface area contributed by atoms with Gasteiger partial charge in [0.15, 0.2) is 0 Å². The van der Waals surface area contributed by atoms with E-state index in [-0.39, 0.29) is 11.8 Å². The number of benzene rings is 2. The topological polar surface area (TPSA) is 37.4 Å². The fourth-order valence-corrected chi connectivity index (χ4v) is 2.92. The van der Waals surface area contributed by atoms with Crippen LogP contribution in [-0.2, 0) is 4.79 Å². The summed E-state index contributed by atoms with van der Waals surface area (Å²) in [6.07, 6.45) is 1.17. The lowest BCUT2D eigenvalue weighted by Gasteiger charge is -2.24. The zero-order valence-corrected chi connectivity index (χ0v) is 15.1. The molecule has 2 aromatic rings. The molecule has 0 radical (unpaired) electrons. The van der Waals surface area contributed by atoms with Crippen LogP contribution in [0.1, 0.15) is 33.8 Å². The molecule has 5 heteroatoms. The smallest absolute Gasteiger partial charge is 0.253 e. The standard InChI is InChI=1S/C19H19Cl2NO2/c1-13-4-3-5-15(10-13)19(24)22(2)12-16(8-9-23)14-6-7-17(20)18(21)11-14/h3-7,9-11,16H,8,12H2,1-2H3/t16-/m1/s1. The summed E-state index contributed by atoms with van der Waals surface area (Å²) >= 11 is 12.0. The summed E-state index contributed by atoms with van der Waals surface area (Å²) in [4.78, 5) is 25.3. The molecule has 0 aromatic heterocycles. The first-order chi connectivity index (χ1) is 11.4. The van der Waals surface area contributed by atoms with Gasteiger partial charge in [-0.25, -0.2) is 0 Å². The number of nitrogens with zero attached hydrogens (tertiary/aromatic N) is 1. The highest BCUT2D eigenvalue weighted by atomic mass is 35.5. The Morgan fingerprint density at radius 3 is 2.54 bits per heavy atom. The average Bonchev–Trinajstić information content (AvgIpc) is 2.56. The van der Waals surface area contributed by atoms with Crippen LogP contribution in [0, 0.1) is 6.92 Å². The number of rotatable bonds is 6. The molecule has 2 rings (SSSR count). The van der Waals surface area contributed by atoms with Crippen molar-refractivity contribution in [2.24, 2.45) is 0 Å². The molecule has 1 amide bonds. The molecule has 0 heterocycles. The van der Waals surface area contributed by atoms with E-state index in [0.29, 0.717) is 28.6 Å². The third-order valence-electron chi connectivity index (χ3n) is 3.90. The van der Waals surface area contributed by atoms with Crippen LogP contribution in [0.25, 0.3) is 0 Å². The monoisotopic (exact) mass is 363 g/mol. The van der Waals surface area contributed by atoms with E-state index in [1.54, 1.807) is 30.1 Å². The van der Waals surface area contributed by atoms with E-state index in [2.05, 4.69) is 0 Å². The average molecular weight is 364 g/mol. The van der Waals surface area contributed by atoms with Crippen molar-refractivity contribution in [1.29, 1.82) is 0 Å². The number of aryl methyl sites for hydroxylation is 1. The Hall–Kier alpha value is -1.84. The van der Waals surface area contributed by atoms with Gasteiger partial charge in [0.1, 0.15) is 6.29 Å². The molecule has 2 aromatic carbocycles. The molecule has 0 aliphatic rings. The number of amides is 1. The van der Waals surface area contributed by atoms with Crippen molar-refractivity contribution in [2.75, 3.05) is 13.6 Å². The highest BCUT2D eigenvalue weighted by Crippen LogP contribution is 2.28. The highest BCUT2D eigenvalue weighted by molar-refractivity contribution is 6.42. The van der Waals surface area contributed by atoms with Gasteiger partial charge in [0.25, 0.3) is 5.91 Å².